The fourth-order valence-corrected chi connectivity index (χ4v) is 2.68. The monoisotopic (exact) mass is 211 g/mol. The Kier molecular flexibility index (Phi) is 3.36. The molecule has 2 saturated carbocycles. The van der Waals surface area contributed by atoms with Gasteiger partial charge in [0.2, 0.25) is 0 Å². The second-order valence-electron chi connectivity index (χ2n) is 5.90. The molecule has 2 rings (SSSR count). The van der Waals surface area contributed by atoms with Gasteiger partial charge in [-0.05, 0) is 43.9 Å². The zero-order valence-electron chi connectivity index (χ0n) is 10.1. The van der Waals surface area contributed by atoms with Gasteiger partial charge >= 0.3 is 0 Å². The molecule has 0 aromatic carbocycles. The van der Waals surface area contributed by atoms with Crippen molar-refractivity contribution < 1.29 is 5.11 Å². The highest BCUT2D eigenvalue weighted by molar-refractivity contribution is 4.96. The van der Waals surface area contributed by atoms with Gasteiger partial charge in [0.05, 0.1) is 6.10 Å². The maximum atomic E-state index is 10.0. The minimum atomic E-state index is -0.114. The molecule has 0 aromatic rings. The van der Waals surface area contributed by atoms with Crippen LogP contribution >= 0.6 is 0 Å². The number of hydrogen-bond donors (Lipinski definition) is 2. The number of rotatable bonds is 5. The molecule has 2 heteroatoms. The number of nitrogens with one attached hydrogen (secondary N) is 1. The normalized spacial score (nSPS) is 29.0. The molecule has 0 saturated heterocycles. The first kappa shape index (κ1) is 11.4. The van der Waals surface area contributed by atoms with Crippen LogP contribution in [-0.4, -0.2) is 23.8 Å². The van der Waals surface area contributed by atoms with Crippen LogP contribution < -0.4 is 5.32 Å². The first-order valence-electron chi connectivity index (χ1n) is 6.53. The van der Waals surface area contributed by atoms with E-state index in [1.165, 1.54) is 38.5 Å². The molecule has 2 fully saturated rings. The van der Waals surface area contributed by atoms with Gasteiger partial charge in [0.25, 0.3) is 0 Å². The summed E-state index contributed by atoms with van der Waals surface area (Å²) >= 11 is 0. The van der Waals surface area contributed by atoms with Gasteiger partial charge in [-0.3, -0.25) is 0 Å². The van der Waals surface area contributed by atoms with Crippen LogP contribution in [0, 0.1) is 11.3 Å². The Hall–Kier alpha value is -0.0800. The standard InChI is InChI=1S/C13H25NO/c1-10(13(2)7-8-13)14-9-12(15)11-5-3-4-6-11/h10-12,14-15H,3-9H2,1-2H3. The summed E-state index contributed by atoms with van der Waals surface area (Å²) in [5, 5.41) is 13.5. The molecule has 88 valence electrons. The van der Waals surface area contributed by atoms with Gasteiger partial charge in [-0.1, -0.05) is 19.8 Å². The fourth-order valence-electron chi connectivity index (χ4n) is 2.68. The Labute approximate surface area is 93.5 Å². The van der Waals surface area contributed by atoms with Crippen LogP contribution in [0.15, 0.2) is 0 Å². The number of hydrogen-bond acceptors (Lipinski definition) is 2. The van der Waals surface area contributed by atoms with Crippen molar-refractivity contribution in [3.8, 4) is 0 Å². The topological polar surface area (TPSA) is 32.3 Å². The van der Waals surface area contributed by atoms with Crippen molar-refractivity contribution in [1.82, 2.24) is 5.32 Å². The van der Waals surface area contributed by atoms with Crippen LogP contribution in [-0.2, 0) is 0 Å². The van der Waals surface area contributed by atoms with E-state index < -0.39 is 0 Å². The van der Waals surface area contributed by atoms with Gasteiger partial charge in [0.15, 0.2) is 0 Å². The first-order chi connectivity index (χ1) is 7.12. The second-order valence-corrected chi connectivity index (χ2v) is 5.90. The molecule has 2 nitrogen and oxygen atoms in total. The zero-order valence-corrected chi connectivity index (χ0v) is 10.1. The molecule has 0 aliphatic heterocycles. The molecule has 2 N–H and O–H groups in total. The van der Waals surface area contributed by atoms with Crippen LogP contribution in [0.4, 0.5) is 0 Å². The zero-order chi connectivity index (χ0) is 10.9. The summed E-state index contributed by atoms with van der Waals surface area (Å²) in [6.45, 7) is 5.39. The summed E-state index contributed by atoms with van der Waals surface area (Å²) in [7, 11) is 0. The van der Waals surface area contributed by atoms with Gasteiger partial charge < -0.3 is 10.4 Å². The van der Waals surface area contributed by atoms with Crippen molar-refractivity contribution in [3.63, 3.8) is 0 Å². The highest BCUT2D eigenvalue weighted by Gasteiger charge is 2.42. The van der Waals surface area contributed by atoms with E-state index in [9.17, 15) is 5.11 Å². The molecule has 0 heterocycles. The predicted molar refractivity (Wildman–Crippen MR) is 62.8 cm³/mol. The molecule has 0 amide bonds. The minimum absolute atomic E-state index is 0.114. The first-order valence-corrected chi connectivity index (χ1v) is 6.53. The number of aliphatic hydroxyl groups excluding tert-OH is 1. The summed E-state index contributed by atoms with van der Waals surface area (Å²) in [5.74, 6) is 0.566. The van der Waals surface area contributed by atoms with Crippen LogP contribution in [0.25, 0.3) is 0 Å². The second kappa shape index (κ2) is 4.42. The minimum Gasteiger partial charge on any atom is -0.392 e. The lowest BCUT2D eigenvalue weighted by molar-refractivity contribution is 0.103. The van der Waals surface area contributed by atoms with Crippen molar-refractivity contribution in [2.45, 2.75) is 64.5 Å². The summed E-state index contributed by atoms with van der Waals surface area (Å²) in [4.78, 5) is 0. The van der Waals surface area contributed by atoms with Gasteiger partial charge in [-0.15, -0.1) is 0 Å². The third kappa shape index (κ3) is 2.73. The lowest BCUT2D eigenvalue weighted by Crippen LogP contribution is -2.40. The van der Waals surface area contributed by atoms with Crippen LogP contribution in [0.3, 0.4) is 0 Å². The predicted octanol–water partition coefficient (Wildman–Crippen LogP) is 2.32. The van der Waals surface area contributed by atoms with Gasteiger partial charge in [-0.2, -0.15) is 0 Å². The van der Waals surface area contributed by atoms with E-state index in [2.05, 4.69) is 19.2 Å². The molecule has 0 aromatic heterocycles. The maximum Gasteiger partial charge on any atom is 0.0692 e. The largest absolute Gasteiger partial charge is 0.392 e. The Balaban J connectivity index is 1.68. The third-order valence-corrected chi connectivity index (χ3v) is 4.66. The van der Waals surface area contributed by atoms with Crippen molar-refractivity contribution in [2.24, 2.45) is 11.3 Å². The van der Waals surface area contributed by atoms with Crippen molar-refractivity contribution in [1.29, 1.82) is 0 Å². The lowest BCUT2D eigenvalue weighted by Gasteiger charge is -2.24. The van der Waals surface area contributed by atoms with E-state index in [1.807, 2.05) is 0 Å². The summed E-state index contributed by atoms with van der Waals surface area (Å²) in [5.41, 5.74) is 0.523. The fraction of sp³-hybridized carbons (Fsp3) is 1.00. The van der Waals surface area contributed by atoms with Crippen molar-refractivity contribution in [2.75, 3.05) is 6.54 Å². The van der Waals surface area contributed by atoms with Gasteiger partial charge in [0, 0.05) is 12.6 Å². The van der Waals surface area contributed by atoms with Crippen LogP contribution in [0.5, 0.6) is 0 Å². The molecule has 15 heavy (non-hydrogen) atoms. The highest BCUT2D eigenvalue weighted by Crippen LogP contribution is 2.47. The molecule has 0 bridgehead atoms. The lowest BCUT2D eigenvalue weighted by atomic mass is 9.98. The molecular weight excluding hydrogens is 186 g/mol. The van der Waals surface area contributed by atoms with Gasteiger partial charge in [0.1, 0.15) is 0 Å². The van der Waals surface area contributed by atoms with E-state index in [-0.39, 0.29) is 6.10 Å². The average Bonchev–Trinajstić information content (AvgIpc) is 2.79. The molecule has 0 spiro atoms. The Morgan fingerprint density at radius 1 is 1.33 bits per heavy atom. The third-order valence-electron chi connectivity index (χ3n) is 4.66. The van der Waals surface area contributed by atoms with E-state index >= 15 is 0 Å². The van der Waals surface area contributed by atoms with Crippen molar-refractivity contribution in [3.05, 3.63) is 0 Å². The molecule has 2 unspecified atom stereocenters. The molecule has 2 atom stereocenters. The van der Waals surface area contributed by atoms with Crippen molar-refractivity contribution >= 4 is 0 Å². The number of aliphatic hydroxyl groups is 1. The maximum absolute atomic E-state index is 10.0. The Bertz CT molecular complexity index is 207. The highest BCUT2D eigenvalue weighted by atomic mass is 16.3. The summed E-state index contributed by atoms with van der Waals surface area (Å²) in [6, 6.07) is 0.563. The Morgan fingerprint density at radius 3 is 2.47 bits per heavy atom. The smallest absolute Gasteiger partial charge is 0.0692 e. The van der Waals surface area contributed by atoms with E-state index in [1.54, 1.807) is 0 Å². The molecular formula is C13H25NO. The summed E-state index contributed by atoms with van der Waals surface area (Å²) in [6.07, 6.45) is 7.67. The SMILES string of the molecule is CC(NCC(O)C1CCCC1)C1(C)CC1. The van der Waals surface area contributed by atoms with E-state index in [0.717, 1.165) is 6.54 Å². The quantitative estimate of drug-likeness (QED) is 0.731. The molecule has 2 aliphatic carbocycles. The van der Waals surface area contributed by atoms with Gasteiger partial charge in [-0.25, -0.2) is 0 Å². The Morgan fingerprint density at radius 2 is 1.93 bits per heavy atom. The molecule has 0 radical (unpaired) electrons. The summed E-state index contributed by atoms with van der Waals surface area (Å²) < 4.78 is 0. The molecule has 2 aliphatic rings. The van der Waals surface area contributed by atoms with Crippen LogP contribution in [0.1, 0.15) is 52.4 Å². The van der Waals surface area contributed by atoms with E-state index in [0.29, 0.717) is 17.4 Å². The van der Waals surface area contributed by atoms with E-state index in [4.69, 9.17) is 0 Å². The average molecular weight is 211 g/mol. The van der Waals surface area contributed by atoms with Crippen LogP contribution in [0.2, 0.25) is 0 Å².